The average molecular weight is 446 g/mol. The number of rotatable bonds is 8. The van der Waals surface area contributed by atoms with Crippen molar-refractivity contribution in [3.8, 4) is 11.5 Å². The Labute approximate surface area is 186 Å². The van der Waals surface area contributed by atoms with Crippen LogP contribution in [0.15, 0.2) is 43.0 Å². The van der Waals surface area contributed by atoms with Crippen LogP contribution in [0.2, 0.25) is 0 Å². The SMILES string of the molecule is C=Cc1cc(CO)cc(O[C@@H]2O[C@H]([C@@H](C)O)[C@@H](O)[C@H](O)[C@H]2O)c1Cc1ccc(OC)cc1. The van der Waals surface area contributed by atoms with Gasteiger partial charge in [0.05, 0.1) is 19.8 Å². The number of hydrogen-bond acceptors (Lipinski definition) is 8. The Hall–Kier alpha value is -2.46. The van der Waals surface area contributed by atoms with Gasteiger partial charge in [-0.05, 0) is 47.9 Å². The number of ether oxygens (including phenoxy) is 3. The zero-order chi connectivity index (χ0) is 23.4. The molecule has 1 saturated heterocycles. The molecule has 2 aromatic rings. The van der Waals surface area contributed by atoms with Gasteiger partial charge in [-0.25, -0.2) is 0 Å². The van der Waals surface area contributed by atoms with Crippen LogP contribution in [0.1, 0.15) is 29.2 Å². The lowest BCUT2D eigenvalue weighted by Gasteiger charge is -2.41. The van der Waals surface area contributed by atoms with Crippen molar-refractivity contribution in [3.05, 3.63) is 65.2 Å². The standard InChI is InChI=1S/C24H30O8/c1-4-16-9-15(12-25)11-19(18(16)10-14-5-7-17(30-3)8-6-14)31-24-22(29)20(27)21(28)23(32-24)13(2)26/h4-9,11,13,20-29H,1,10,12H2,2-3H3/t13-,20+,21+,22-,23-,24-/m1/s1. The molecule has 0 saturated carbocycles. The van der Waals surface area contributed by atoms with Crippen molar-refractivity contribution in [2.24, 2.45) is 0 Å². The van der Waals surface area contributed by atoms with Crippen molar-refractivity contribution in [1.29, 1.82) is 0 Å². The van der Waals surface area contributed by atoms with Crippen LogP contribution < -0.4 is 9.47 Å². The lowest BCUT2D eigenvalue weighted by molar-refractivity contribution is -0.286. The molecule has 32 heavy (non-hydrogen) atoms. The second-order valence-electron chi connectivity index (χ2n) is 7.85. The van der Waals surface area contributed by atoms with Crippen LogP contribution in [-0.4, -0.2) is 69.5 Å². The van der Waals surface area contributed by atoms with Gasteiger partial charge >= 0.3 is 0 Å². The third kappa shape index (κ3) is 5.12. The molecule has 0 bridgehead atoms. The van der Waals surface area contributed by atoms with Crippen LogP contribution in [0.3, 0.4) is 0 Å². The van der Waals surface area contributed by atoms with Crippen LogP contribution in [-0.2, 0) is 17.8 Å². The number of hydrogen-bond donors (Lipinski definition) is 5. The number of benzene rings is 2. The van der Waals surface area contributed by atoms with Crippen LogP contribution in [0.5, 0.6) is 11.5 Å². The van der Waals surface area contributed by atoms with Crippen molar-refractivity contribution in [2.45, 2.75) is 56.8 Å². The van der Waals surface area contributed by atoms with Gasteiger partial charge in [-0.15, -0.1) is 0 Å². The van der Waals surface area contributed by atoms with E-state index in [0.717, 1.165) is 22.4 Å². The van der Waals surface area contributed by atoms with Gasteiger partial charge in [0, 0.05) is 12.0 Å². The Morgan fingerprint density at radius 3 is 2.31 bits per heavy atom. The summed E-state index contributed by atoms with van der Waals surface area (Å²) in [4.78, 5) is 0. The first-order chi connectivity index (χ1) is 15.3. The Morgan fingerprint density at radius 2 is 1.75 bits per heavy atom. The molecule has 2 aromatic carbocycles. The molecule has 0 spiro atoms. The van der Waals surface area contributed by atoms with Gasteiger partial charge in [0.1, 0.15) is 35.9 Å². The van der Waals surface area contributed by atoms with E-state index in [1.165, 1.54) is 6.92 Å². The maximum absolute atomic E-state index is 10.4. The minimum Gasteiger partial charge on any atom is -0.497 e. The highest BCUT2D eigenvalue weighted by Gasteiger charge is 2.46. The Kier molecular flexibility index (Phi) is 7.89. The predicted molar refractivity (Wildman–Crippen MR) is 117 cm³/mol. The second-order valence-corrected chi connectivity index (χ2v) is 7.85. The zero-order valence-electron chi connectivity index (χ0n) is 18.1. The second kappa shape index (κ2) is 10.4. The molecule has 0 aromatic heterocycles. The molecular formula is C24H30O8. The number of aliphatic hydroxyl groups excluding tert-OH is 5. The molecule has 174 valence electrons. The van der Waals surface area contributed by atoms with E-state index in [1.54, 1.807) is 25.3 Å². The number of methoxy groups -OCH3 is 1. The monoisotopic (exact) mass is 446 g/mol. The fourth-order valence-corrected chi connectivity index (χ4v) is 3.74. The molecule has 8 nitrogen and oxygen atoms in total. The van der Waals surface area contributed by atoms with E-state index in [2.05, 4.69) is 6.58 Å². The van der Waals surface area contributed by atoms with E-state index >= 15 is 0 Å². The maximum Gasteiger partial charge on any atom is 0.229 e. The van der Waals surface area contributed by atoms with Gasteiger partial charge in [0.15, 0.2) is 0 Å². The molecule has 6 atom stereocenters. The Balaban J connectivity index is 1.97. The summed E-state index contributed by atoms with van der Waals surface area (Å²) in [6.45, 7) is 5.02. The van der Waals surface area contributed by atoms with E-state index in [0.29, 0.717) is 17.7 Å². The summed E-state index contributed by atoms with van der Waals surface area (Å²) in [5.41, 5.74) is 2.97. The van der Waals surface area contributed by atoms with Crippen LogP contribution in [0.4, 0.5) is 0 Å². The van der Waals surface area contributed by atoms with Crippen molar-refractivity contribution in [2.75, 3.05) is 7.11 Å². The first-order valence-corrected chi connectivity index (χ1v) is 10.4. The van der Waals surface area contributed by atoms with Crippen molar-refractivity contribution in [3.63, 3.8) is 0 Å². The van der Waals surface area contributed by atoms with Crippen LogP contribution in [0.25, 0.3) is 6.08 Å². The Morgan fingerprint density at radius 1 is 1.06 bits per heavy atom. The van der Waals surface area contributed by atoms with E-state index in [9.17, 15) is 25.5 Å². The smallest absolute Gasteiger partial charge is 0.229 e. The first kappa shape index (κ1) is 24.2. The number of aliphatic hydroxyl groups is 5. The van der Waals surface area contributed by atoms with Crippen molar-refractivity contribution < 1.29 is 39.7 Å². The summed E-state index contributed by atoms with van der Waals surface area (Å²) in [7, 11) is 1.59. The van der Waals surface area contributed by atoms with E-state index in [1.807, 2.05) is 24.3 Å². The first-order valence-electron chi connectivity index (χ1n) is 10.4. The van der Waals surface area contributed by atoms with Gasteiger partial charge in [-0.3, -0.25) is 0 Å². The van der Waals surface area contributed by atoms with E-state index in [-0.39, 0.29) is 6.61 Å². The van der Waals surface area contributed by atoms with Crippen molar-refractivity contribution >= 4 is 6.08 Å². The van der Waals surface area contributed by atoms with Crippen LogP contribution >= 0.6 is 0 Å². The minimum atomic E-state index is -1.57. The third-order valence-electron chi connectivity index (χ3n) is 5.57. The minimum absolute atomic E-state index is 0.244. The maximum atomic E-state index is 10.4. The molecule has 1 aliphatic heterocycles. The highest BCUT2D eigenvalue weighted by Crippen LogP contribution is 2.33. The van der Waals surface area contributed by atoms with Crippen LogP contribution in [0, 0.1) is 0 Å². The van der Waals surface area contributed by atoms with Gasteiger partial charge in [0.2, 0.25) is 6.29 Å². The predicted octanol–water partition coefficient (Wildman–Crippen LogP) is 0.988. The lowest BCUT2D eigenvalue weighted by atomic mass is 9.95. The topological polar surface area (TPSA) is 129 Å². The molecule has 8 heteroatoms. The summed E-state index contributed by atoms with van der Waals surface area (Å²) >= 11 is 0. The highest BCUT2D eigenvalue weighted by molar-refractivity contribution is 5.59. The molecule has 1 aliphatic rings. The molecule has 0 amide bonds. The summed E-state index contributed by atoms with van der Waals surface area (Å²) in [5, 5.41) is 50.4. The summed E-state index contributed by atoms with van der Waals surface area (Å²) in [6.07, 6.45) is -6.13. The molecule has 0 aliphatic carbocycles. The van der Waals surface area contributed by atoms with Gasteiger partial charge in [0.25, 0.3) is 0 Å². The molecule has 5 N–H and O–H groups in total. The van der Waals surface area contributed by atoms with Crippen molar-refractivity contribution in [1.82, 2.24) is 0 Å². The third-order valence-corrected chi connectivity index (χ3v) is 5.57. The molecular weight excluding hydrogens is 416 g/mol. The fourth-order valence-electron chi connectivity index (χ4n) is 3.74. The molecule has 0 unspecified atom stereocenters. The Bertz CT molecular complexity index is 911. The summed E-state index contributed by atoms with van der Waals surface area (Å²) < 4.78 is 16.8. The molecule has 0 radical (unpaired) electrons. The highest BCUT2D eigenvalue weighted by atomic mass is 16.7. The quantitative estimate of drug-likeness (QED) is 0.406. The van der Waals surface area contributed by atoms with E-state index in [4.69, 9.17) is 14.2 Å². The zero-order valence-corrected chi connectivity index (χ0v) is 18.1. The average Bonchev–Trinajstić information content (AvgIpc) is 2.80. The normalized spacial score (nSPS) is 26.4. The molecule has 3 rings (SSSR count). The summed E-state index contributed by atoms with van der Waals surface area (Å²) in [5.74, 6) is 1.04. The lowest BCUT2D eigenvalue weighted by Crippen LogP contribution is -2.61. The largest absolute Gasteiger partial charge is 0.497 e. The van der Waals surface area contributed by atoms with Gasteiger partial charge in [-0.1, -0.05) is 24.8 Å². The fraction of sp³-hybridized carbons (Fsp3) is 0.417. The van der Waals surface area contributed by atoms with Gasteiger partial charge in [-0.2, -0.15) is 0 Å². The summed E-state index contributed by atoms with van der Waals surface area (Å²) in [6, 6.07) is 10.9. The molecule has 1 heterocycles. The van der Waals surface area contributed by atoms with E-state index < -0.39 is 36.8 Å². The van der Waals surface area contributed by atoms with Gasteiger partial charge < -0.3 is 39.7 Å². The molecule has 1 fully saturated rings.